The van der Waals surface area contributed by atoms with Crippen LogP contribution in [0, 0.1) is 11.3 Å². The number of nitriles is 1. The lowest BCUT2D eigenvalue weighted by molar-refractivity contribution is 0.394. The maximum absolute atomic E-state index is 9.59. The lowest BCUT2D eigenvalue weighted by Crippen LogP contribution is -2.00. The fourth-order valence-electron chi connectivity index (χ4n) is 2.70. The van der Waals surface area contributed by atoms with Gasteiger partial charge in [0.1, 0.15) is 28.9 Å². The van der Waals surface area contributed by atoms with Gasteiger partial charge in [-0.1, -0.05) is 23.2 Å². The standard InChI is InChI=1S/C20H15Cl2N3O2/c1-26-13-5-11(6-14(8-13)27-2)15-9-19(25-20(24)17(15)10-23)16-7-12(21)3-4-18(16)22/h3-9H,1-2H3,(H2,24,25). The normalized spacial score (nSPS) is 10.3. The third-order valence-electron chi connectivity index (χ3n) is 4.03. The summed E-state index contributed by atoms with van der Waals surface area (Å²) in [6.45, 7) is 0. The van der Waals surface area contributed by atoms with Crippen LogP contribution < -0.4 is 15.2 Å². The average molecular weight is 400 g/mol. The van der Waals surface area contributed by atoms with E-state index in [2.05, 4.69) is 11.1 Å². The van der Waals surface area contributed by atoms with E-state index in [9.17, 15) is 5.26 Å². The Kier molecular flexibility index (Phi) is 5.41. The molecule has 0 fully saturated rings. The van der Waals surface area contributed by atoms with Crippen LogP contribution in [-0.2, 0) is 0 Å². The quantitative estimate of drug-likeness (QED) is 0.652. The summed E-state index contributed by atoms with van der Waals surface area (Å²) in [7, 11) is 3.11. The molecule has 0 saturated carbocycles. The van der Waals surface area contributed by atoms with Crippen molar-refractivity contribution in [3.05, 3.63) is 58.1 Å². The first-order valence-corrected chi connectivity index (χ1v) is 8.62. The molecule has 27 heavy (non-hydrogen) atoms. The van der Waals surface area contributed by atoms with E-state index in [1.54, 1.807) is 56.7 Å². The number of hydrogen-bond acceptors (Lipinski definition) is 5. The van der Waals surface area contributed by atoms with Crippen molar-refractivity contribution in [2.45, 2.75) is 0 Å². The molecule has 0 atom stereocenters. The molecular formula is C20H15Cl2N3O2. The van der Waals surface area contributed by atoms with Crippen molar-refractivity contribution in [3.8, 4) is 40.0 Å². The summed E-state index contributed by atoms with van der Waals surface area (Å²) in [5, 5.41) is 10.6. The van der Waals surface area contributed by atoms with Crippen LogP contribution >= 0.6 is 23.2 Å². The molecular weight excluding hydrogens is 385 g/mol. The van der Waals surface area contributed by atoms with Gasteiger partial charge in [-0.25, -0.2) is 4.98 Å². The zero-order chi connectivity index (χ0) is 19.6. The molecule has 0 amide bonds. The molecule has 136 valence electrons. The Labute approximate surface area is 166 Å². The van der Waals surface area contributed by atoms with Crippen LogP contribution in [0.25, 0.3) is 22.4 Å². The Morgan fingerprint density at radius 3 is 2.22 bits per heavy atom. The van der Waals surface area contributed by atoms with Gasteiger partial charge in [0.15, 0.2) is 0 Å². The van der Waals surface area contributed by atoms with Crippen LogP contribution in [0.4, 0.5) is 5.82 Å². The highest BCUT2D eigenvalue weighted by atomic mass is 35.5. The average Bonchev–Trinajstić information content (AvgIpc) is 2.68. The molecule has 0 bridgehead atoms. The molecule has 1 aromatic heterocycles. The molecule has 0 saturated heterocycles. The summed E-state index contributed by atoms with van der Waals surface area (Å²) in [6, 6.07) is 14.3. The molecule has 0 aliphatic rings. The van der Waals surface area contributed by atoms with Crippen molar-refractivity contribution >= 4 is 29.0 Å². The molecule has 5 nitrogen and oxygen atoms in total. The molecule has 7 heteroatoms. The highest BCUT2D eigenvalue weighted by molar-refractivity contribution is 6.35. The molecule has 0 aliphatic heterocycles. The maximum atomic E-state index is 9.59. The third kappa shape index (κ3) is 3.77. The zero-order valence-corrected chi connectivity index (χ0v) is 16.1. The van der Waals surface area contributed by atoms with E-state index in [-0.39, 0.29) is 11.4 Å². The van der Waals surface area contributed by atoms with E-state index in [0.29, 0.717) is 43.9 Å². The fraction of sp³-hybridized carbons (Fsp3) is 0.100. The Morgan fingerprint density at radius 1 is 0.963 bits per heavy atom. The van der Waals surface area contributed by atoms with Crippen LogP contribution in [0.2, 0.25) is 10.0 Å². The summed E-state index contributed by atoms with van der Waals surface area (Å²) in [6.07, 6.45) is 0. The largest absolute Gasteiger partial charge is 0.497 e. The predicted octanol–water partition coefficient (Wildman–Crippen LogP) is 5.19. The number of benzene rings is 2. The van der Waals surface area contributed by atoms with Crippen molar-refractivity contribution in [1.29, 1.82) is 5.26 Å². The van der Waals surface area contributed by atoms with E-state index in [1.807, 2.05) is 0 Å². The van der Waals surface area contributed by atoms with Crippen LogP contribution in [0.15, 0.2) is 42.5 Å². The number of nitrogen functional groups attached to an aromatic ring is 1. The highest BCUT2D eigenvalue weighted by Gasteiger charge is 2.16. The van der Waals surface area contributed by atoms with Gasteiger partial charge in [0.25, 0.3) is 0 Å². The van der Waals surface area contributed by atoms with E-state index in [4.69, 9.17) is 38.4 Å². The highest BCUT2D eigenvalue weighted by Crippen LogP contribution is 2.37. The second-order valence-electron chi connectivity index (χ2n) is 5.65. The summed E-state index contributed by atoms with van der Waals surface area (Å²) in [5.41, 5.74) is 8.75. The Hall–Kier alpha value is -2.94. The summed E-state index contributed by atoms with van der Waals surface area (Å²) in [5.74, 6) is 1.28. The van der Waals surface area contributed by atoms with Gasteiger partial charge in [0, 0.05) is 22.2 Å². The fourth-order valence-corrected chi connectivity index (χ4v) is 3.09. The van der Waals surface area contributed by atoms with E-state index < -0.39 is 0 Å². The minimum atomic E-state index is 0.0998. The smallest absolute Gasteiger partial charge is 0.142 e. The predicted molar refractivity (Wildman–Crippen MR) is 107 cm³/mol. The van der Waals surface area contributed by atoms with Crippen molar-refractivity contribution in [2.24, 2.45) is 0 Å². The van der Waals surface area contributed by atoms with Gasteiger partial charge < -0.3 is 15.2 Å². The lowest BCUT2D eigenvalue weighted by atomic mass is 9.98. The number of nitrogens with two attached hydrogens (primary N) is 1. The van der Waals surface area contributed by atoms with Gasteiger partial charge in [0.05, 0.1) is 24.9 Å². The van der Waals surface area contributed by atoms with Gasteiger partial charge in [-0.2, -0.15) is 5.26 Å². The second kappa shape index (κ2) is 7.75. The van der Waals surface area contributed by atoms with E-state index in [1.165, 1.54) is 0 Å². The van der Waals surface area contributed by atoms with Crippen molar-refractivity contribution < 1.29 is 9.47 Å². The van der Waals surface area contributed by atoms with Gasteiger partial charge in [-0.3, -0.25) is 0 Å². The first kappa shape index (κ1) is 18.8. The van der Waals surface area contributed by atoms with Gasteiger partial charge in [-0.05, 0) is 42.0 Å². The first-order valence-electron chi connectivity index (χ1n) is 7.86. The molecule has 0 radical (unpaired) electrons. The minimum Gasteiger partial charge on any atom is -0.497 e. The molecule has 0 aliphatic carbocycles. The van der Waals surface area contributed by atoms with Crippen molar-refractivity contribution in [3.63, 3.8) is 0 Å². The van der Waals surface area contributed by atoms with E-state index in [0.717, 1.165) is 0 Å². The summed E-state index contributed by atoms with van der Waals surface area (Å²) >= 11 is 12.4. The van der Waals surface area contributed by atoms with Crippen molar-refractivity contribution in [1.82, 2.24) is 4.98 Å². The SMILES string of the molecule is COc1cc(OC)cc(-c2cc(-c3cc(Cl)ccc3Cl)nc(N)c2C#N)c1. The molecule has 3 rings (SSSR count). The van der Waals surface area contributed by atoms with Gasteiger partial charge in [-0.15, -0.1) is 0 Å². The van der Waals surface area contributed by atoms with Crippen molar-refractivity contribution in [2.75, 3.05) is 20.0 Å². The number of methoxy groups -OCH3 is 2. The topological polar surface area (TPSA) is 81.2 Å². The molecule has 1 heterocycles. The van der Waals surface area contributed by atoms with E-state index >= 15 is 0 Å². The third-order valence-corrected chi connectivity index (χ3v) is 4.59. The number of pyridine rings is 1. The molecule has 0 spiro atoms. The summed E-state index contributed by atoms with van der Waals surface area (Å²) < 4.78 is 10.6. The lowest BCUT2D eigenvalue weighted by Gasteiger charge is -2.13. The zero-order valence-electron chi connectivity index (χ0n) is 14.6. The number of aromatic nitrogens is 1. The Bertz CT molecular complexity index is 1040. The number of hydrogen-bond donors (Lipinski definition) is 1. The number of rotatable bonds is 4. The number of anilines is 1. The van der Waals surface area contributed by atoms with Crippen LogP contribution in [0.3, 0.4) is 0 Å². The number of halogens is 2. The Balaban J connectivity index is 2.29. The monoisotopic (exact) mass is 399 g/mol. The molecule has 2 N–H and O–H groups in total. The molecule has 0 unspecified atom stereocenters. The van der Waals surface area contributed by atoms with Gasteiger partial charge in [0.2, 0.25) is 0 Å². The molecule has 2 aromatic carbocycles. The van der Waals surface area contributed by atoms with Crippen LogP contribution in [-0.4, -0.2) is 19.2 Å². The maximum Gasteiger partial charge on any atom is 0.142 e. The second-order valence-corrected chi connectivity index (χ2v) is 6.50. The Morgan fingerprint density at radius 2 is 1.63 bits per heavy atom. The number of nitrogens with zero attached hydrogens (tertiary/aromatic N) is 2. The summed E-state index contributed by atoms with van der Waals surface area (Å²) in [4.78, 5) is 4.34. The van der Waals surface area contributed by atoms with Crippen LogP contribution in [0.5, 0.6) is 11.5 Å². The first-order chi connectivity index (χ1) is 13.0. The number of ether oxygens (including phenoxy) is 2. The van der Waals surface area contributed by atoms with Crippen LogP contribution in [0.1, 0.15) is 5.56 Å². The molecule has 3 aromatic rings. The minimum absolute atomic E-state index is 0.0998. The van der Waals surface area contributed by atoms with Gasteiger partial charge >= 0.3 is 0 Å².